The minimum absolute atomic E-state index is 0.206. The molecule has 1 aliphatic rings. The van der Waals surface area contributed by atoms with Crippen LogP contribution in [0.3, 0.4) is 0 Å². The summed E-state index contributed by atoms with van der Waals surface area (Å²) in [7, 11) is 2.05. The number of hydrogen-bond acceptors (Lipinski definition) is 3. The number of para-hydroxylation sites is 1. The Bertz CT molecular complexity index is 365. The van der Waals surface area contributed by atoms with E-state index in [2.05, 4.69) is 35.5 Å². The van der Waals surface area contributed by atoms with Gasteiger partial charge in [0.05, 0.1) is 6.61 Å². The molecule has 2 N–H and O–H groups in total. The first-order valence-corrected chi connectivity index (χ1v) is 5.88. The van der Waals surface area contributed by atoms with Crippen molar-refractivity contribution >= 4 is 5.69 Å². The lowest BCUT2D eigenvalue weighted by Crippen LogP contribution is -2.31. The summed E-state index contributed by atoms with van der Waals surface area (Å²) in [6.07, 6.45) is 1.13. The Morgan fingerprint density at radius 3 is 3.06 bits per heavy atom. The van der Waals surface area contributed by atoms with Gasteiger partial charge >= 0.3 is 0 Å². The normalized spacial score (nSPS) is 16.0. The summed E-state index contributed by atoms with van der Waals surface area (Å²) in [6, 6.07) is 6.68. The van der Waals surface area contributed by atoms with E-state index in [1.54, 1.807) is 0 Å². The maximum absolute atomic E-state index is 9.12. The van der Waals surface area contributed by atoms with Crippen molar-refractivity contribution in [2.45, 2.75) is 25.9 Å². The molecule has 0 radical (unpaired) electrons. The van der Waals surface area contributed by atoms with Crippen LogP contribution in [-0.4, -0.2) is 36.2 Å². The number of aliphatic hydroxyl groups is 1. The van der Waals surface area contributed by atoms with Crippen molar-refractivity contribution in [1.29, 1.82) is 0 Å². The van der Waals surface area contributed by atoms with Gasteiger partial charge in [-0.05, 0) is 31.5 Å². The number of benzene rings is 1. The number of hydrogen-bond donors (Lipinski definition) is 2. The van der Waals surface area contributed by atoms with Gasteiger partial charge in [-0.1, -0.05) is 18.2 Å². The lowest BCUT2D eigenvalue weighted by molar-refractivity contribution is 0.154. The minimum atomic E-state index is 0.206. The standard InChI is InChI=1S/C13H20N2O/c1-10(9-16)15(2)8-12-5-3-4-11-6-7-14-13(11)12/h3-5,10,14,16H,6-9H2,1-2H3. The van der Waals surface area contributed by atoms with Crippen molar-refractivity contribution < 1.29 is 5.11 Å². The SMILES string of the molecule is CC(CO)N(C)Cc1cccc2c1NCC2. The highest BCUT2D eigenvalue weighted by Crippen LogP contribution is 2.27. The first kappa shape index (κ1) is 11.4. The van der Waals surface area contributed by atoms with E-state index >= 15 is 0 Å². The van der Waals surface area contributed by atoms with E-state index in [1.165, 1.54) is 16.8 Å². The molecule has 0 spiro atoms. The Morgan fingerprint density at radius 1 is 1.50 bits per heavy atom. The van der Waals surface area contributed by atoms with Gasteiger partial charge in [0.1, 0.15) is 0 Å². The lowest BCUT2D eigenvalue weighted by atomic mass is 10.1. The van der Waals surface area contributed by atoms with Crippen LogP contribution in [0.15, 0.2) is 18.2 Å². The third-order valence-electron chi connectivity index (χ3n) is 3.37. The van der Waals surface area contributed by atoms with E-state index < -0.39 is 0 Å². The maximum atomic E-state index is 9.12. The average molecular weight is 220 g/mol. The fraction of sp³-hybridized carbons (Fsp3) is 0.538. The van der Waals surface area contributed by atoms with Crippen LogP contribution in [0.25, 0.3) is 0 Å². The number of likely N-dealkylation sites (N-methyl/N-ethyl adjacent to an activating group) is 1. The molecule has 1 aromatic rings. The third-order valence-corrected chi connectivity index (χ3v) is 3.37. The molecule has 0 amide bonds. The first-order valence-electron chi connectivity index (χ1n) is 5.88. The number of rotatable bonds is 4. The van der Waals surface area contributed by atoms with Crippen LogP contribution in [0.4, 0.5) is 5.69 Å². The molecule has 0 saturated carbocycles. The van der Waals surface area contributed by atoms with Crippen LogP contribution in [0.2, 0.25) is 0 Å². The summed E-state index contributed by atoms with van der Waals surface area (Å²) >= 11 is 0. The van der Waals surface area contributed by atoms with Gasteiger partial charge in [0, 0.05) is 24.8 Å². The predicted molar refractivity (Wildman–Crippen MR) is 66.7 cm³/mol. The molecule has 88 valence electrons. The zero-order chi connectivity index (χ0) is 11.5. The van der Waals surface area contributed by atoms with E-state index in [0.29, 0.717) is 0 Å². The summed E-state index contributed by atoms with van der Waals surface area (Å²) < 4.78 is 0. The van der Waals surface area contributed by atoms with Gasteiger partial charge in [-0.25, -0.2) is 0 Å². The molecule has 1 atom stereocenters. The van der Waals surface area contributed by atoms with E-state index in [1.807, 2.05) is 6.92 Å². The monoisotopic (exact) mass is 220 g/mol. The van der Waals surface area contributed by atoms with E-state index in [9.17, 15) is 0 Å². The predicted octanol–water partition coefficient (Wildman–Crippen LogP) is 1.47. The Labute approximate surface area is 97.1 Å². The number of nitrogens with zero attached hydrogens (tertiary/aromatic N) is 1. The summed E-state index contributed by atoms with van der Waals surface area (Å²) in [6.45, 7) is 4.18. The fourth-order valence-electron chi connectivity index (χ4n) is 2.11. The van der Waals surface area contributed by atoms with Crippen LogP contribution in [0.1, 0.15) is 18.1 Å². The van der Waals surface area contributed by atoms with Crippen LogP contribution in [-0.2, 0) is 13.0 Å². The van der Waals surface area contributed by atoms with Crippen molar-refractivity contribution in [3.8, 4) is 0 Å². The molecule has 1 aliphatic heterocycles. The highest BCUT2D eigenvalue weighted by atomic mass is 16.3. The zero-order valence-electron chi connectivity index (χ0n) is 10.0. The van der Waals surface area contributed by atoms with Gasteiger partial charge < -0.3 is 10.4 Å². The maximum Gasteiger partial charge on any atom is 0.0584 e. The molecule has 0 saturated heterocycles. The zero-order valence-corrected chi connectivity index (χ0v) is 10.0. The molecule has 16 heavy (non-hydrogen) atoms. The molecule has 2 rings (SSSR count). The molecular formula is C13H20N2O. The van der Waals surface area contributed by atoms with Crippen molar-refractivity contribution in [3.05, 3.63) is 29.3 Å². The van der Waals surface area contributed by atoms with Gasteiger partial charge in [0.25, 0.3) is 0 Å². The van der Waals surface area contributed by atoms with E-state index in [4.69, 9.17) is 5.11 Å². The molecule has 3 nitrogen and oxygen atoms in total. The largest absolute Gasteiger partial charge is 0.395 e. The Hall–Kier alpha value is -1.06. The summed E-state index contributed by atoms with van der Waals surface area (Å²) in [4.78, 5) is 2.18. The van der Waals surface area contributed by atoms with Gasteiger partial charge in [-0.3, -0.25) is 4.90 Å². The lowest BCUT2D eigenvalue weighted by Gasteiger charge is -2.24. The van der Waals surface area contributed by atoms with Crippen molar-refractivity contribution in [3.63, 3.8) is 0 Å². The van der Waals surface area contributed by atoms with Gasteiger partial charge in [0.15, 0.2) is 0 Å². The molecule has 0 aliphatic carbocycles. The van der Waals surface area contributed by atoms with Crippen molar-refractivity contribution in [1.82, 2.24) is 4.90 Å². The first-order chi connectivity index (χ1) is 7.72. The molecule has 0 aromatic heterocycles. The Kier molecular flexibility index (Phi) is 3.46. The molecule has 3 heteroatoms. The number of anilines is 1. The Balaban J connectivity index is 2.13. The van der Waals surface area contributed by atoms with Crippen LogP contribution >= 0.6 is 0 Å². The fourth-order valence-corrected chi connectivity index (χ4v) is 2.11. The van der Waals surface area contributed by atoms with Gasteiger partial charge in [-0.2, -0.15) is 0 Å². The van der Waals surface area contributed by atoms with Gasteiger partial charge in [0.2, 0.25) is 0 Å². The minimum Gasteiger partial charge on any atom is -0.395 e. The van der Waals surface area contributed by atoms with Crippen LogP contribution in [0, 0.1) is 0 Å². The summed E-state index contributed by atoms with van der Waals surface area (Å²) in [5, 5.41) is 12.6. The molecular weight excluding hydrogens is 200 g/mol. The van der Waals surface area contributed by atoms with Crippen LogP contribution < -0.4 is 5.32 Å². The molecule has 0 bridgehead atoms. The highest BCUT2D eigenvalue weighted by molar-refractivity contribution is 5.61. The molecule has 1 aromatic carbocycles. The average Bonchev–Trinajstić information content (AvgIpc) is 2.77. The number of fused-ring (bicyclic) bond motifs is 1. The van der Waals surface area contributed by atoms with E-state index in [-0.39, 0.29) is 12.6 Å². The number of aliphatic hydroxyl groups excluding tert-OH is 1. The molecule has 0 fully saturated rings. The van der Waals surface area contributed by atoms with Crippen molar-refractivity contribution in [2.75, 3.05) is 25.5 Å². The van der Waals surface area contributed by atoms with Crippen LogP contribution in [0.5, 0.6) is 0 Å². The smallest absolute Gasteiger partial charge is 0.0584 e. The third kappa shape index (κ3) is 2.20. The topological polar surface area (TPSA) is 35.5 Å². The quantitative estimate of drug-likeness (QED) is 0.806. The Morgan fingerprint density at radius 2 is 2.31 bits per heavy atom. The second-order valence-corrected chi connectivity index (χ2v) is 4.57. The number of nitrogens with one attached hydrogen (secondary N) is 1. The summed E-state index contributed by atoms with van der Waals surface area (Å²) in [5.41, 5.74) is 4.06. The molecule has 1 heterocycles. The van der Waals surface area contributed by atoms with E-state index in [0.717, 1.165) is 19.5 Å². The second kappa shape index (κ2) is 4.85. The highest BCUT2D eigenvalue weighted by Gasteiger charge is 2.16. The van der Waals surface area contributed by atoms with Crippen molar-refractivity contribution in [2.24, 2.45) is 0 Å². The second-order valence-electron chi connectivity index (χ2n) is 4.57. The summed E-state index contributed by atoms with van der Waals surface area (Å²) in [5.74, 6) is 0. The van der Waals surface area contributed by atoms with Gasteiger partial charge in [-0.15, -0.1) is 0 Å². The molecule has 1 unspecified atom stereocenters.